The lowest BCUT2D eigenvalue weighted by atomic mass is 9.33. The molecule has 4 heteroatoms. The van der Waals surface area contributed by atoms with Gasteiger partial charge in [0.25, 0.3) is 6.71 Å². The molecule has 0 fully saturated rings. The summed E-state index contributed by atoms with van der Waals surface area (Å²) in [7, 11) is 0. The van der Waals surface area contributed by atoms with Crippen molar-refractivity contribution < 1.29 is 0 Å². The number of aryl methyl sites for hydroxylation is 1. The predicted molar refractivity (Wildman–Crippen MR) is 273 cm³/mol. The molecule has 0 saturated carbocycles. The minimum absolute atomic E-state index is 0.0462. The first kappa shape index (κ1) is 42.2. The molecule has 4 aromatic rings. The van der Waals surface area contributed by atoms with E-state index in [0.29, 0.717) is 5.92 Å². The third-order valence-corrected chi connectivity index (χ3v) is 18.0. The molecule has 62 heavy (non-hydrogen) atoms. The van der Waals surface area contributed by atoms with E-state index in [1.165, 1.54) is 90.9 Å². The van der Waals surface area contributed by atoms with Crippen LogP contribution in [0.1, 0.15) is 158 Å². The van der Waals surface area contributed by atoms with E-state index in [1.807, 2.05) is 11.3 Å². The fourth-order valence-corrected chi connectivity index (χ4v) is 13.9. The van der Waals surface area contributed by atoms with E-state index in [0.717, 1.165) is 6.42 Å². The Labute approximate surface area is 379 Å². The Hall–Kier alpha value is -3.76. The number of hydrogen-bond acceptors (Lipinski definition) is 3. The van der Waals surface area contributed by atoms with Gasteiger partial charge in [0, 0.05) is 21.8 Å². The Bertz CT molecular complexity index is 2690. The van der Waals surface area contributed by atoms with Crippen LogP contribution >= 0.6 is 11.3 Å². The molecule has 0 saturated heterocycles. The van der Waals surface area contributed by atoms with Crippen molar-refractivity contribution in [3.8, 4) is 0 Å². The molecule has 0 N–H and O–H groups in total. The lowest BCUT2D eigenvalue weighted by Gasteiger charge is -2.51. The number of anilines is 4. The summed E-state index contributed by atoms with van der Waals surface area (Å²) < 4.78 is 1.40. The summed E-state index contributed by atoms with van der Waals surface area (Å²) in [6, 6.07) is 18.5. The van der Waals surface area contributed by atoms with Gasteiger partial charge in [-0.2, -0.15) is 0 Å². The molecule has 2 aliphatic heterocycles. The highest BCUT2D eigenvalue weighted by molar-refractivity contribution is 7.26. The molecule has 0 radical (unpaired) electrons. The maximum absolute atomic E-state index is 2.86. The van der Waals surface area contributed by atoms with E-state index in [9.17, 15) is 0 Å². The molecule has 324 valence electrons. The standard InChI is InChI=1S/C58H73BN2S/c1-34-27-47-51-48(28-34)61(45-21-17-36(29-35(45)2)53(3,4)5)52-50(39-30-37(54(6,7)8)18-22-49(39)62-52)59(51)44-32-42-43(58(15,16)26-25-57(42,13)14)33-46(44)60(47)38-19-20-40-41(31-38)56(11,12)24-23-55(40,9)10/h17-22,27-30,32-33,35,38,45H,23-26,31H2,1-16H3. The molecule has 0 bridgehead atoms. The van der Waals surface area contributed by atoms with E-state index in [-0.39, 0.29) is 51.3 Å². The van der Waals surface area contributed by atoms with Crippen LogP contribution < -0.4 is 26.2 Å². The van der Waals surface area contributed by atoms with Crippen LogP contribution in [0, 0.1) is 29.1 Å². The summed E-state index contributed by atoms with van der Waals surface area (Å²) in [4.78, 5) is 5.68. The van der Waals surface area contributed by atoms with Crippen molar-refractivity contribution in [1.82, 2.24) is 0 Å². The average Bonchev–Trinajstić information content (AvgIpc) is 3.56. The Morgan fingerprint density at radius 3 is 1.94 bits per heavy atom. The molecular weight excluding hydrogens is 768 g/mol. The second-order valence-electron chi connectivity index (χ2n) is 25.3. The molecule has 4 aliphatic carbocycles. The average molecular weight is 841 g/mol. The van der Waals surface area contributed by atoms with Crippen LogP contribution in [0.4, 0.5) is 22.1 Å². The smallest absolute Gasteiger partial charge is 0.254 e. The summed E-state index contributed by atoms with van der Waals surface area (Å²) in [5.74, 6) is 0.343. The van der Waals surface area contributed by atoms with Gasteiger partial charge in [0.15, 0.2) is 0 Å². The van der Waals surface area contributed by atoms with Crippen LogP contribution in [-0.2, 0) is 16.2 Å². The summed E-state index contributed by atoms with van der Waals surface area (Å²) in [6.07, 6.45) is 18.7. The van der Waals surface area contributed by atoms with Crippen LogP contribution in [0.2, 0.25) is 0 Å². The number of rotatable bonds is 2. The van der Waals surface area contributed by atoms with Gasteiger partial charge >= 0.3 is 0 Å². The highest BCUT2D eigenvalue weighted by atomic mass is 32.1. The first-order chi connectivity index (χ1) is 28.8. The fraction of sp³-hybridized carbons (Fsp3) is 0.517. The van der Waals surface area contributed by atoms with Crippen molar-refractivity contribution in [1.29, 1.82) is 0 Å². The van der Waals surface area contributed by atoms with Gasteiger partial charge in [-0.25, -0.2) is 0 Å². The Kier molecular flexibility index (Phi) is 9.12. The van der Waals surface area contributed by atoms with E-state index in [2.05, 4.69) is 193 Å². The van der Waals surface area contributed by atoms with E-state index in [1.54, 1.807) is 22.3 Å². The van der Waals surface area contributed by atoms with Crippen LogP contribution in [0.5, 0.6) is 0 Å². The minimum atomic E-state index is 0.0462. The van der Waals surface area contributed by atoms with Gasteiger partial charge in [0.05, 0.1) is 17.1 Å². The van der Waals surface area contributed by atoms with Crippen molar-refractivity contribution in [2.45, 2.75) is 171 Å². The van der Waals surface area contributed by atoms with Gasteiger partial charge in [-0.3, -0.25) is 0 Å². The summed E-state index contributed by atoms with van der Waals surface area (Å²) in [6.45, 7) is 39.2. The zero-order valence-electron chi connectivity index (χ0n) is 41.1. The highest BCUT2D eigenvalue weighted by Gasteiger charge is 2.50. The molecule has 0 amide bonds. The third kappa shape index (κ3) is 6.29. The number of nitrogens with zero attached hydrogens (tertiary/aromatic N) is 2. The summed E-state index contributed by atoms with van der Waals surface area (Å²) >= 11 is 2.03. The largest absolute Gasteiger partial charge is 0.335 e. The van der Waals surface area contributed by atoms with E-state index in [4.69, 9.17) is 0 Å². The van der Waals surface area contributed by atoms with Crippen molar-refractivity contribution >= 4 is 66.6 Å². The Morgan fingerprint density at radius 1 is 0.661 bits per heavy atom. The van der Waals surface area contributed by atoms with Crippen molar-refractivity contribution in [3.63, 3.8) is 0 Å². The lowest BCUT2D eigenvalue weighted by Crippen LogP contribution is -2.64. The maximum atomic E-state index is 2.86. The van der Waals surface area contributed by atoms with Gasteiger partial charge < -0.3 is 9.80 Å². The minimum Gasteiger partial charge on any atom is -0.335 e. The van der Waals surface area contributed by atoms with Crippen LogP contribution in [0.25, 0.3) is 10.1 Å². The van der Waals surface area contributed by atoms with Gasteiger partial charge in [-0.1, -0.05) is 158 Å². The van der Waals surface area contributed by atoms with E-state index >= 15 is 0 Å². The second kappa shape index (κ2) is 13.4. The first-order valence-electron chi connectivity index (χ1n) is 24.1. The first-order valence-corrected chi connectivity index (χ1v) is 24.9. The zero-order chi connectivity index (χ0) is 44.4. The number of allylic oxidation sites excluding steroid dienone is 4. The van der Waals surface area contributed by atoms with Crippen LogP contribution in [-0.4, -0.2) is 18.8 Å². The number of hydrogen-bond donors (Lipinski definition) is 0. The summed E-state index contributed by atoms with van der Waals surface area (Å²) in [5.41, 5.74) is 20.1. The van der Waals surface area contributed by atoms with Crippen molar-refractivity contribution in [2.75, 3.05) is 9.80 Å². The molecule has 3 unspecified atom stereocenters. The zero-order valence-corrected chi connectivity index (χ0v) is 41.9. The lowest BCUT2D eigenvalue weighted by molar-refractivity contribution is 0.256. The van der Waals surface area contributed by atoms with Gasteiger partial charge in [0.1, 0.15) is 0 Å². The fourth-order valence-electron chi connectivity index (χ4n) is 12.6. The van der Waals surface area contributed by atoms with Gasteiger partial charge in [-0.05, 0) is 157 Å². The Morgan fingerprint density at radius 2 is 1.29 bits per heavy atom. The van der Waals surface area contributed by atoms with Crippen LogP contribution in [0.3, 0.4) is 0 Å². The summed E-state index contributed by atoms with van der Waals surface area (Å²) in [5, 5.41) is 2.88. The molecule has 6 aliphatic rings. The van der Waals surface area contributed by atoms with Crippen LogP contribution in [0.15, 0.2) is 89.6 Å². The van der Waals surface area contributed by atoms with Gasteiger partial charge in [-0.15, -0.1) is 11.3 Å². The van der Waals surface area contributed by atoms with E-state index < -0.39 is 0 Å². The molecule has 1 aromatic heterocycles. The normalized spacial score (nSPS) is 25.3. The number of benzene rings is 3. The molecule has 0 spiro atoms. The SMILES string of the molecule is Cc1cc2c3c(c1)N(C1C=CC(C(C)(C)C)=CC1C)c1sc4ccc(C(C)(C)C)cc4c1B3c1cc3c(cc1N2C1C=CC2=C(C1)C(C)(C)CCC2(C)C)C(C)(C)CCC3(C)C. The topological polar surface area (TPSA) is 6.48 Å². The van der Waals surface area contributed by atoms with Crippen molar-refractivity contribution in [2.24, 2.45) is 22.2 Å². The number of thiophene rings is 1. The third-order valence-electron chi connectivity index (χ3n) is 16.8. The molecular formula is C58H73BN2S. The molecule has 2 nitrogen and oxygen atoms in total. The monoisotopic (exact) mass is 841 g/mol. The Balaban J connectivity index is 1.29. The molecule has 3 atom stereocenters. The highest BCUT2D eigenvalue weighted by Crippen LogP contribution is 2.55. The predicted octanol–water partition coefficient (Wildman–Crippen LogP) is 14.3. The quantitative estimate of drug-likeness (QED) is 0.186. The second-order valence-corrected chi connectivity index (χ2v) is 26.3. The van der Waals surface area contributed by atoms with Gasteiger partial charge in [0.2, 0.25) is 0 Å². The molecule has 3 heterocycles. The van der Waals surface area contributed by atoms with Crippen molar-refractivity contribution in [3.05, 3.63) is 112 Å². The molecule has 10 rings (SSSR count). The molecule has 3 aromatic carbocycles. The number of fused-ring (bicyclic) bond motifs is 7. The maximum Gasteiger partial charge on any atom is 0.254 e.